The maximum atomic E-state index is 11.9. The van der Waals surface area contributed by atoms with Crippen molar-refractivity contribution in [2.45, 2.75) is 32.7 Å². The topological polar surface area (TPSA) is 78.4 Å². The van der Waals surface area contributed by atoms with Crippen LogP contribution in [0, 0.1) is 5.92 Å². The third kappa shape index (κ3) is 4.85. The number of carbonyl (C=O) groups excluding carboxylic acids is 1. The van der Waals surface area contributed by atoms with Gasteiger partial charge in [0.15, 0.2) is 0 Å². The lowest BCUT2D eigenvalue weighted by Crippen LogP contribution is -2.54. The molecule has 1 unspecified atom stereocenters. The molecule has 110 valence electrons. The summed E-state index contributed by atoms with van der Waals surface area (Å²) in [5, 5.41) is 14.4. The van der Waals surface area contributed by atoms with Crippen molar-refractivity contribution in [1.82, 2.24) is 5.32 Å². The number of hydrogen-bond acceptors (Lipinski definition) is 2. The zero-order chi connectivity index (χ0) is 15.3. The van der Waals surface area contributed by atoms with Crippen molar-refractivity contribution < 1.29 is 14.7 Å². The van der Waals surface area contributed by atoms with Crippen LogP contribution in [-0.4, -0.2) is 22.6 Å². The summed E-state index contributed by atoms with van der Waals surface area (Å²) in [5.41, 5.74) is -0.684. The normalized spacial score (nSPS) is 13.7. The Morgan fingerprint density at radius 2 is 1.85 bits per heavy atom. The predicted octanol–water partition coefficient (Wildman–Crippen LogP) is 3.46. The second-order valence-corrected chi connectivity index (χ2v) is 6.24. The van der Waals surface area contributed by atoms with E-state index in [2.05, 4.69) is 26.6 Å². The molecular formula is C14H19BrN2O3. The highest BCUT2D eigenvalue weighted by atomic mass is 79.9. The van der Waals surface area contributed by atoms with Gasteiger partial charge >= 0.3 is 12.0 Å². The fraction of sp³-hybridized carbons (Fsp3) is 0.429. The average molecular weight is 343 g/mol. The summed E-state index contributed by atoms with van der Waals surface area (Å²) in [7, 11) is 0. The Labute approximate surface area is 126 Å². The quantitative estimate of drug-likeness (QED) is 0.766. The molecule has 0 aliphatic rings. The molecule has 0 aliphatic heterocycles. The van der Waals surface area contributed by atoms with Gasteiger partial charge in [-0.1, -0.05) is 29.8 Å². The number of hydrogen-bond donors (Lipinski definition) is 3. The van der Waals surface area contributed by atoms with Gasteiger partial charge in [0.1, 0.15) is 5.54 Å². The van der Waals surface area contributed by atoms with Crippen molar-refractivity contribution in [2.24, 2.45) is 5.92 Å². The van der Waals surface area contributed by atoms with Gasteiger partial charge in [0.05, 0.1) is 0 Å². The smallest absolute Gasteiger partial charge is 0.329 e. The Bertz CT molecular complexity index is 488. The molecule has 3 N–H and O–H groups in total. The van der Waals surface area contributed by atoms with E-state index in [-0.39, 0.29) is 5.92 Å². The number of anilines is 1. The van der Waals surface area contributed by atoms with Crippen LogP contribution in [0.5, 0.6) is 0 Å². The lowest BCUT2D eigenvalue weighted by molar-refractivity contribution is -0.144. The van der Waals surface area contributed by atoms with Crippen LogP contribution in [0.25, 0.3) is 0 Å². The summed E-state index contributed by atoms with van der Waals surface area (Å²) in [4.78, 5) is 23.2. The molecule has 5 nitrogen and oxygen atoms in total. The number of urea groups is 1. The number of carboxylic acids is 1. The molecule has 0 saturated heterocycles. The minimum absolute atomic E-state index is 0.157. The SMILES string of the molecule is CC(C)CC(C)(NC(=O)Nc1ccc(Br)cc1)C(=O)O. The van der Waals surface area contributed by atoms with Crippen molar-refractivity contribution >= 4 is 33.6 Å². The predicted molar refractivity (Wildman–Crippen MR) is 81.8 cm³/mol. The first-order valence-corrected chi connectivity index (χ1v) is 7.10. The van der Waals surface area contributed by atoms with Gasteiger partial charge in [-0.25, -0.2) is 9.59 Å². The highest BCUT2D eigenvalue weighted by Gasteiger charge is 2.35. The largest absolute Gasteiger partial charge is 0.480 e. The molecule has 20 heavy (non-hydrogen) atoms. The summed E-state index contributed by atoms with van der Waals surface area (Å²) >= 11 is 3.30. The van der Waals surface area contributed by atoms with E-state index in [1.165, 1.54) is 6.92 Å². The molecule has 0 aliphatic carbocycles. The molecule has 1 atom stereocenters. The van der Waals surface area contributed by atoms with E-state index in [9.17, 15) is 14.7 Å². The standard InChI is InChI=1S/C14H19BrN2O3/c1-9(2)8-14(3,12(18)19)17-13(20)16-11-6-4-10(15)5-7-11/h4-7,9H,8H2,1-3H3,(H,18,19)(H2,16,17,20). The van der Waals surface area contributed by atoms with Crippen LogP contribution in [-0.2, 0) is 4.79 Å². The second-order valence-electron chi connectivity index (χ2n) is 5.32. The zero-order valence-electron chi connectivity index (χ0n) is 11.7. The number of halogens is 1. The zero-order valence-corrected chi connectivity index (χ0v) is 13.3. The van der Waals surface area contributed by atoms with Crippen molar-refractivity contribution in [2.75, 3.05) is 5.32 Å². The third-order valence-electron chi connectivity index (χ3n) is 2.78. The number of amides is 2. The molecule has 1 aromatic carbocycles. The minimum Gasteiger partial charge on any atom is -0.480 e. The lowest BCUT2D eigenvalue weighted by atomic mass is 9.91. The van der Waals surface area contributed by atoms with Crippen molar-refractivity contribution in [3.05, 3.63) is 28.7 Å². The first-order valence-electron chi connectivity index (χ1n) is 6.31. The molecule has 0 radical (unpaired) electrons. The van der Waals surface area contributed by atoms with E-state index < -0.39 is 17.5 Å². The summed E-state index contributed by atoms with van der Waals surface area (Å²) in [6.45, 7) is 5.33. The monoisotopic (exact) mass is 342 g/mol. The molecule has 1 rings (SSSR count). The average Bonchev–Trinajstić information content (AvgIpc) is 2.30. The molecule has 2 amide bonds. The van der Waals surface area contributed by atoms with Gasteiger partial charge < -0.3 is 15.7 Å². The number of carboxylic acid groups (broad SMARTS) is 1. The molecule has 0 spiro atoms. The molecule has 6 heteroatoms. The van der Waals surface area contributed by atoms with Crippen molar-refractivity contribution in [1.29, 1.82) is 0 Å². The van der Waals surface area contributed by atoms with E-state index >= 15 is 0 Å². The number of benzene rings is 1. The van der Waals surface area contributed by atoms with Crippen LogP contribution in [0.15, 0.2) is 28.7 Å². The molecule has 0 saturated carbocycles. The van der Waals surface area contributed by atoms with E-state index in [1.807, 2.05) is 13.8 Å². The van der Waals surface area contributed by atoms with Gasteiger partial charge in [0.2, 0.25) is 0 Å². The van der Waals surface area contributed by atoms with Crippen LogP contribution in [0.2, 0.25) is 0 Å². The highest BCUT2D eigenvalue weighted by Crippen LogP contribution is 2.18. The Morgan fingerprint density at radius 1 is 1.30 bits per heavy atom. The van der Waals surface area contributed by atoms with Crippen molar-refractivity contribution in [3.8, 4) is 0 Å². The van der Waals surface area contributed by atoms with E-state index in [1.54, 1.807) is 24.3 Å². The summed E-state index contributed by atoms with van der Waals surface area (Å²) in [5.74, 6) is -0.888. The minimum atomic E-state index is -1.28. The Kier molecular flexibility index (Phi) is 5.56. The highest BCUT2D eigenvalue weighted by molar-refractivity contribution is 9.10. The molecular weight excluding hydrogens is 324 g/mol. The number of carbonyl (C=O) groups is 2. The van der Waals surface area contributed by atoms with Crippen LogP contribution >= 0.6 is 15.9 Å². The maximum absolute atomic E-state index is 11.9. The Morgan fingerprint density at radius 3 is 2.30 bits per heavy atom. The number of aliphatic carboxylic acids is 1. The Hall–Kier alpha value is -1.56. The summed E-state index contributed by atoms with van der Waals surface area (Å²) < 4.78 is 0.902. The summed E-state index contributed by atoms with van der Waals surface area (Å²) in [6.07, 6.45) is 0.357. The van der Waals surface area contributed by atoms with E-state index in [0.717, 1.165) is 4.47 Å². The lowest BCUT2D eigenvalue weighted by Gasteiger charge is -2.28. The van der Waals surface area contributed by atoms with Gasteiger partial charge in [-0.3, -0.25) is 0 Å². The Balaban J connectivity index is 2.71. The number of nitrogens with one attached hydrogen (secondary N) is 2. The maximum Gasteiger partial charge on any atom is 0.329 e. The second kappa shape index (κ2) is 6.74. The van der Waals surface area contributed by atoms with E-state index in [0.29, 0.717) is 12.1 Å². The van der Waals surface area contributed by atoms with Gasteiger partial charge in [0.25, 0.3) is 0 Å². The first kappa shape index (κ1) is 16.5. The van der Waals surface area contributed by atoms with E-state index in [4.69, 9.17) is 0 Å². The molecule has 0 bridgehead atoms. The third-order valence-corrected chi connectivity index (χ3v) is 3.31. The van der Waals surface area contributed by atoms with Crippen LogP contribution in [0.4, 0.5) is 10.5 Å². The van der Waals surface area contributed by atoms with Gasteiger partial charge in [0, 0.05) is 10.2 Å². The molecule has 1 aromatic rings. The van der Waals surface area contributed by atoms with Gasteiger partial charge in [-0.05, 0) is 43.5 Å². The van der Waals surface area contributed by atoms with Crippen molar-refractivity contribution in [3.63, 3.8) is 0 Å². The van der Waals surface area contributed by atoms with Crippen LogP contribution in [0.1, 0.15) is 27.2 Å². The molecule has 0 aromatic heterocycles. The molecule has 0 fully saturated rings. The fourth-order valence-electron chi connectivity index (χ4n) is 1.95. The first-order chi connectivity index (χ1) is 9.23. The van der Waals surface area contributed by atoms with Gasteiger partial charge in [-0.2, -0.15) is 0 Å². The van der Waals surface area contributed by atoms with Gasteiger partial charge in [-0.15, -0.1) is 0 Å². The summed E-state index contributed by atoms with van der Waals surface area (Å²) in [6, 6.07) is 6.51. The fourth-order valence-corrected chi connectivity index (χ4v) is 2.22. The molecule has 0 heterocycles. The van der Waals surface area contributed by atoms with Crippen LogP contribution in [0.3, 0.4) is 0 Å². The van der Waals surface area contributed by atoms with Crippen LogP contribution < -0.4 is 10.6 Å². The number of rotatable bonds is 5.